The SMILES string of the molecule is CCN(CC)CCCNC(=NC)NCc1ccc(F)c(C)c1. The Morgan fingerprint density at radius 2 is 1.95 bits per heavy atom. The first-order chi connectivity index (χ1) is 10.6. The van der Waals surface area contributed by atoms with Gasteiger partial charge in [-0.1, -0.05) is 26.0 Å². The third-order valence-electron chi connectivity index (χ3n) is 3.74. The van der Waals surface area contributed by atoms with E-state index in [9.17, 15) is 4.39 Å². The van der Waals surface area contributed by atoms with Crippen molar-refractivity contribution < 1.29 is 4.39 Å². The summed E-state index contributed by atoms with van der Waals surface area (Å²) in [7, 11) is 1.76. The topological polar surface area (TPSA) is 39.7 Å². The first kappa shape index (κ1) is 18.4. The number of aliphatic imine (C=N–C) groups is 1. The van der Waals surface area contributed by atoms with Gasteiger partial charge in [0.2, 0.25) is 0 Å². The van der Waals surface area contributed by atoms with Crippen molar-refractivity contribution >= 4 is 5.96 Å². The smallest absolute Gasteiger partial charge is 0.191 e. The van der Waals surface area contributed by atoms with Crippen LogP contribution in [0.2, 0.25) is 0 Å². The van der Waals surface area contributed by atoms with Gasteiger partial charge in [0.15, 0.2) is 5.96 Å². The number of hydrogen-bond acceptors (Lipinski definition) is 2. The fraction of sp³-hybridized carbons (Fsp3) is 0.588. The van der Waals surface area contributed by atoms with Crippen LogP contribution in [0.1, 0.15) is 31.4 Å². The summed E-state index contributed by atoms with van der Waals surface area (Å²) in [5, 5.41) is 6.56. The maximum absolute atomic E-state index is 13.2. The second-order valence-corrected chi connectivity index (χ2v) is 5.32. The molecule has 0 radical (unpaired) electrons. The number of hydrogen-bond donors (Lipinski definition) is 2. The third kappa shape index (κ3) is 6.43. The molecule has 0 atom stereocenters. The molecule has 0 aliphatic heterocycles. The Kier molecular flexibility index (Phi) is 8.51. The molecular weight excluding hydrogens is 279 g/mol. The third-order valence-corrected chi connectivity index (χ3v) is 3.74. The Bertz CT molecular complexity index is 470. The molecule has 0 bridgehead atoms. The molecule has 0 saturated carbocycles. The molecule has 0 heterocycles. The van der Waals surface area contributed by atoms with Gasteiger partial charge in [-0.05, 0) is 50.2 Å². The van der Waals surface area contributed by atoms with Crippen LogP contribution in [-0.4, -0.2) is 44.1 Å². The second-order valence-electron chi connectivity index (χ2n) is 5.32. The van der Waals surface area contributed by atoms with Crippen molar-refractivity contribution in [3.63, 3.8) is 0 Å². The number of rotatable bonds is 8. The summed E-state index contributed by atoms with van der Waals surface area (Å²) < 4.78 is 13.2. The minimum absolute atomic E-state index is 0.164. The molecule has 0 aliphatic carbocycles. The average molecular weight is 308 g/mol. The summed E-state index contributed by atoms with van der Waals surface area (Å²) in [6, 6.07) is 5.16. The fourth-order valence-electron chi connectivity index (χ4n) is 2.27. The van der Waals surface area contributed by atoms with Gasteiger partial charge in [0.05, 0.1) is 0 Å². The molecule has 0 aromatic heterocycles. The van der Waals surface area contributed by atoms with Crippen molar-refractivity contribution in [1.82, 2.24) is 15.5 Å². The molecule has 22 heavy (non-hydrogen) atoms. The van der Waals surface area contributed by atoms with Crippen molar-refractivity contribution in [3.05, 3.63) is 35.1 Å². The van der Waals surface area contributed by atoms with Gasteiger partial charge in [-0.15, -0.1) is 0 Å². The summed E-state index contributed by atoms with van der Waals surface area (Å²) in [4.78, 5) is 6.61. The predicted octanol–water partition coefficient (Wildman–Crippen LogP) is 2.53. The van der Waals surface area contributed by atoms with E-state index in [0.29, 0.717) is 12.1 Å². The minimum Gasteiger partial charge on any atom is -0.356 e. The lowest BCUT2D eigenvalue weighted by molar-refractivity contribution is 0.300. The zero-order valence-corrected chi connectivity index (χ0v) is 14.2. The van der Waals surface area contributed by atoms with Crippen LogP contribution in [0.3, 0.4) is 0 Å². The van der Waals surface area contributed by atoms with E-state index < -0.39 is 0 Å². The van der Waals surface area contributed by atoms with E-state index in [4.69, 9.17) is 0 Å². The van der Waals surface area contributed by atoms with Gasteiger partial charge in [-0.25, -0.2) is 4.39 Å². The molecular formula is C17H29FN4. The summed E-state index contributed by atoms with van der Waals surface area (Å²) in [6.45, 7) is 10.9. The zero-order valence-electron chi connectivity index (χ0n) is 14.2. The molecule has 0 unspecified atom stereocenters. The number of halogens is 1. The number of benzene rings is 1. The van der Waals surface area contributed by atoms with Crippen molar-refractivity contribution in [1.29, 1.82) is 0 Å². The first-order valence-corrected chi connectivity index (χ1v) is 8.02. The Hall–Kier alpha value is -1.62. The molecule has 0 saturated heterocycles. The summed E-state index contributed by atoms with van der Waals surface area (Å²) in [5.74, 6) is 0.615. The van der Waals surface area contributed by atoms with Crippen molar-refractivity contribution in [2.45, 2.75) is 33.7 Å². The van der Waals surface area contributed by atoms with Gasteiger partial charge in [0.1, 0.15) is 5.82 Å². The van der Waals surface area contributed by atoms with Crippen LogP contribution in [-0.2, 0) is 6.54 Å². The molecule has 1 rings (SSSR count). The van der Waals surface area contributed by atoms with Crippen LogP contribution in [0.4, 0.5) is 4.39 Å². The molecule has 5 heteroatoms. The minimum atomic E-state index is -0.164. The van der Waals surface area contributed by atoms with Crippen LogP contribution < -0.4 is 10.6 Å². The van der Waals surface area contributed by atoms with Gasteiger partial charge in [-0.3, -0.25) is 4.99 Å². The van der Waals surface area contributed by atoms with E-state index in [-0.39, 0.29) is 5.82 Å². The quantitative estimate of drug-likeness (QED) is 0.440. The fourth-order valence-corrected chi connectivity index (χ4v) is 2.27. The normalized spacial score (nSPS) is 11.8. The lowest BCUT2D eigenvalue weighted by Gasteiger charge is -2.18. The standard InChI is InChI=1S/C17H29FN4/c1-5-22(6-2)11-7-10-20-17(19-4)21-13-15-8-9-16(18)14(3)12-15/h8-9,12H,5-7,10-11,13H2,1-4H3,(H2,19,20,21). The Morgan fingerprint density at radius 3 is 2.55 bits per heavy atom. The summed E-state index contributed by atoms with van der Waals surface area (Å²) >= 11 is 0. The molecule has 4 nitrogen and oxygen atoms in total. The molecule has 0 fully saturated rings. The number of nitrogens with one attached hydrogen (secondary N) is 2. The second kappa shape index (κ2) is 10.2. The van der Waals surface area contributed by atoms with Crippen LogP contribution in [0.25, 0.3) is 0 Å². The molecule has 0 amide bonds. The summed E-state index contributed by atoms with van der Waals surface area (Å²) in [6.07, 6.45) is 1.08. The first-order valence-electron chi connectivity index (χ1n) is 8.02. The monoisotopic (exact) mass is 308 g/mol. The average Bonchev–Trinajstić information content (AvgIpc) is 2.53. The van der Waals surface area contributed by atoms with E-state index in [1.165, 1.54) is 6.07 Å². The molecule has 124 valence electrons. The van der Waals surface area contributed by atoms with Gasteiger partial charge < -0.3 is 15.5 Å². The van der Waals surface area contributed by atoms with Crippen LogP contribution >= 0.6 is 0 Å². The molecule has 1 aromatic rings. The number of nitrogens with zero attached hydrogens (tertiary/aromatic N) is 2. The Labute approximate surface area is 133 Å². The molecule has 1 aromatic carbocycles. The van der Waals surface area contributed by atoms with Gasteiger partial charge in [0.25, 0.3) is 0 Å². The maximum Gasteiger partial charge on any atom is 0.191 e. The van der Waals surface area contributed by atoms with Gasteiger partial charge >= 0.3 is 0 Å². The largest absolute Gasteiger partial charge is 0.356 e. The van der Waals surface area contributed by atoms with E-state index in [1.54, 1.807) is 20.0 Å². The maximum atomic E-state index is 13.2. The lowest BCUT2D eigenvalue weighted by Crippen LogP contribution is -2.38. The van der Waals surface area contributed by atoms with Crippen LogP contribution in [0.15, 0.2) is 23.2 Å². The van der Waals surface area contributed by atoms with Gasteiger partial charge in [-0.2, -0.15) is 0 Å². The van der Waals surface area contributed by atoms with Crippen molar-refractivity contribution in [3.8, 4) is 0 Å². The van der Waals surface area contributed by atoms with Crippen LogP contribution in [0.5, 0.6) is 0 Å². The molecule has 0 aliphatic rings. The lowest BCUT2D eigenvalue weighted by atomic mass is 10.1. The highest BCUT2D eigenvalue weighted by atomic mass is 19.1. The Balaban J connectivity index is 2.32. The Morgan fingerprint density at radius 1 is 1.23 bits per heavy atom. The molecule has 2 N–H and O–H groups in total. The predicted molar refractivity (Wildman–Crippen MR) is 91.7 cm³/mol. The number of aryl methyl sites for hydroxylation is 1. The summed E-state index contributed by atoms with van der Waals surface area (Å²) in [5.41, 5.74) is 1.71. The zero-order chi connectivity index (χ0) is 16.4. The van der Waals surface area contributed by atoms with Crippen molar-refractivity contribution in [2.24, 2.45) is 4.99 Å². The van der Waals surface area contributed by atoms with E-state index in [0.717, 1.165) is 44.1 Å². The van der Waals surface area contributed by atoms with Gasteiger partial charge in [0, 0.05) is 20.1 Å². The highest BCUT2D eigenvalue weighted by Gasteiger charge is 2.02. The van der Waals surface area contributed by atoms with E-state index in [1.807, 2.05) is 6.07 Å². The highest BCUT2D eigenvalue weighted by Crippen LogP contribution is 2.08. The van der Waals surface area contributed by atoms with Crippen LogP contribution in [0, 0.1) is 12.7 Å². The number of guanidine groups is 1. The van der Waals surface area contributed by atoms with E-state index >= 15 is 0 Å². The van der Waals surface area contributed by atoms with Crippen molar-refractivity contribution in [2.75, 3.05) is 33.2 Å². The highest BCUT2D eigenvalue weighted by molar-refractivity contribution is 5.79. The molecule has 0 spiro atoms. The van der Waals surface area contributed by atoms with E-state index in [2.05, 4.69) is 34.4 Å².